The van der Waals surface area contributed by atoms with Crippen LogP contribution in [0.2, 0.25) is 0 Å². The van der Waals surface area contributed by atoms with Gasteiger partial charge in [0.2, 0.25) is 5.91 Å². The normalized spacial score (nSPS) is 9.40. The van der Waals surface area contributed by atoms with Crippen LogP contribution in [0.25, 0.3) is 0 Å². The molecule has 0 spiro atoms. The van der Waals surface area contributed by atoms with Crippen molar-refractivity contribution >= 4 is 11.8 Å². The molecule has 6 heteroatoms. The Bertz CT molecular complexity index is 425. The summed E-state index contributed by atoms with van der Waals surface area (Å²) in [4.78, 5) is 32.8. The van der Waals surface area contributed by atoms with Crippen LogP contribution in [0.15, 0.2) is 29.2 Å². The molecule has 0 radical (unpaired) electrons. The lowest BCUT2D eigenvalue weighted by atomic mass is 10.4. The van der Waals surface area contributed by atoms with Crippen LogP contribution >= 0.6 is 0 Å². The van der Waals surface area contributed by atoms with Gasteiger partial charge >= 0.3 is 0 Å². The predicted octanol–water partition coefficient (Wildman–Crippen LogP) is -0.984. The predicted molar refractivity (Wildman–Crippen MR) is 52.7 cm³/mol. The third-order valence-corrected chi connectivity index (χ3v) is 1.59. The largest absolute Gasteiger partial charge is 0.306 e. The fourth-order valence-electron chi connectivity index (χ4n) is 0.943. The molecule has 0 saturated carbocycles. The smallest absolute Gasteiger partial charge is 0.258 e. The Morgan fingerprint density at radius 1 is 1.33 bits per heavy atom. The van der Waals surface area contributed by atoms with E-state index in [0.717, 1.165) is 0 Å². The molecule has 6 nitrogen and oxygen atoms in total. The molecular weight excluding hydrogens is 198 g/mol. The summed E-state index contributed by atoms with van der Waals surface area (Å²) < 4.78 is 1.23. The Kier molecular flexibility index (Phi) is 3.61. The first-order chi connectivity index (χ1) is 7.09. The Balaban J connectivity index is 2.56. The van der Waals surface area contributed by atoms with E-state index >= 15 is 0 Å². The van der Waals surface area contributed by atoms with Crippen molar-refractivity contribution in [1.29, 1.82) is 0 Å². The van der Waals surface area contributed by atoms with E-state index in [1.165, 1.54) is 23.8 Å². The lowest BCUT2D eigenvalue weighted by molar-refractivity contribution is -0.128. The minimum Gasteiger partial charge on any atom is -0.306 e. The van der Waals surface area contributed by atoms with Crippen LogP contribution < -0.4 is 16.4 Å². The van der Waals surface area contributed by atoms with Crippen molar-refractivity contribution in [2.24, 2.45) is 0 Å². The quantitative estimate of drug-likeness (QED) is 0.614. The van der Waals surface area contributed by atoms with Crippen LogP contribution in [-0.4, -0.2) is 16.4 Å². The molecule has 1 heterocycles. The number of rotatable bonds is 2. The summed E-state index contributed by atoms with van der Waals surface area (Å²) in [6.45, 7) is 1.15. The molecule has 2 amide bonds. The molecule has 1 aromatic rings. The maximum atomic E-state index is 11.2. The van der Waals surface area contributed by atoms with E-state index in [1.54, 1.807) is 12.1 Å². The van der Waals surface area contributed by atoms with Crippen LogP contribution in [0.3, 0.4) is 0 Å². The fourth-order valence-corrected chi connectivity index (χ4v) is 0.943. The van der Waals surface area contributed by atoms with Crippen molar-refractivity contribution in [2.45, 2.75) is 13.5 Å². The molecule has 0 fully saturated rings. The minimum atomic E-state index is -0.460. The van der Waals surface area contributed by atoms with Crippen LogP contribution in [0.5, 0.6) is 0 Å². The standard InChI is InChI=1S/C9H11N3O3/c1-7(13)10-11-8(14)6-12-5-3-2-4-9(12)15/h2-5H,6H2,1H3,(H,10,13)(H,11,14). The summed E-state index contributed by atoms with van der Waals surface area (Å²) in [5.74, 6) is -0.831. The Morgan fingerprint density at radius 2 is 2.07 bits per heavy atom. The van der Waals surface area contributed by atoms with Gasteiger partial charge in [0.15, 0.2) is 0 Å². The first-order valence-electron chi connectivity index (χ1n) is 4.30. The molecule has 0 unspecified atom stereocenters. The molecule has 2 N–H and O–H groups in total. The topological polar surface area (TPSA) is 80.2 Å². The van der Waals surface area contributed by atoms with Gasteiger partial charge in [0.25, 0.3) is 11.5 Å². The van der Waals surface area contributed by atoms with E-state index in [1.807, 2.05) is 0 Å². The summed E-state index contributed by atoms with van der Waals surface area (Å²) in [5, 5.41) is 0. The Labute approximate surface area is 85.9 Å². The zero-order valence-electron chi connectivity index (χ0n) is 8.19. The van der Waals surface area contributed by atoms with Crippen molar-refractivity contribution in [2.75, 3.05) is 0 Å². The number of aromatic nitrogens is 1. The second kappa shape index (κ2) is 4.94. The lowest BCUT2D eigenvalue weighted by Crippen LogP contribution is -2.43. The van der Waals surface area contributed by atoms with Crippen LogP contribution in [-0.2, 0) is 16.1 Å². The molecule has 0 bridgehead atoms. The number of carbonyl (C=O) groups excluding carboxylic acids is 2. The van der Waals surface area contributed by atoms with E-state index in [0.29, 0.717) is 0 Å². The van der Waals surface area contributed by atoms with Crippen molar-refractivity contribution < 1.29 is 9.59 Å². The first kappa shape index (κ1) is 11.0. The maximum Gasteiger partial charge on any atom is 0.258 e. The molecule has 0 saturated heterocycles. The third-order valence-electron chi connectivity index (χ3n) is 1.59. The second-order valence-electron chi connectivity index (χ2n) is 2.90. The summed E-state index contributed by atoms with van der Waals surface area (Å²) in [6.07, 6.45) is 1.50. The van der Waals surface area contributed by atoms with Crippen molar-refractivity contribution in [1.82, 2.24) is 15.4 Å². The highest BCUT2D eigenvalue weighted by atomic mass is 16.2. The second-order valence-corrected chi connectivity index (χ2v) is 2.90. The molecular formula is C9H11N3O3. The third kappa shape index (κ3) is 3.63. The van der Waals surface area contributed by atoms with Crippen molar-refractivity contribution in [3.63, 3.8) is 0 Å². The number of pyridine rings is 1. The molecule has 0 aromatic carbocycles. The highest BCUT2D eigenvalue weighted by Gasteiger charge is 2.03. The SMILES string of the molecule is CC(=O)NNC(=O)Cn1ccccc1=O. The van der Waals surface area contributed by atoms with Gasteiger partial charge in [-0.15, -0.1) is 0 Å². The van der Waals surface area contributed by atoms with Crippen molar-refractivity contribution in [3.05, 3.63) is 34.7 Å². The minimum absolute atomic E-state index is 0.125. The Hall–Kier alpha value is -2.11. The van der Waals surface area contributed by atoms with E-state index in [2.05, 4.69) is 10.9 Å². The first-order valence-corrected chi connectivity index (χ1v) is 4.30. The molecule has 0 aliphatic heterocycles. The molecule has 80 valence electrons. The average molecular weight is 209 g/mol. The molecule has 1 aromatic heterocycles. The van der Waals surface area contributed by atoms with Gasteiger partial charge in [-0.05, 0) is 6.07 Å². The lowest BCUT2D eigenvalue weighted by Gasteiger charge is -2.06. The van der Waals surface area contributed by atoms with Crippen LogP contribution in [0, 0.1) is 0 Å². The number of amides is 2. The Morgan fingerprint density at radius 3 is 2.67 bits per heavy atom. The zero-order valence-corrected chi connectivity index (χ0v) is 8.19. The average Bonchev–Trinajstić information content (AvgIpc) is 2.18. The summed E-state index contributed by atoms with van der Waals surface area (Å²) in [6, 6.07) is 4.59. The van der Waals surface area contributed by atoms with E-state index in [9.17, 15) is 14.4 Å². The highest BCUT2D eigenvalue weighted by Crippen LogP contribution is 1.81. The van der Waals surface area contributed by atoms with Gasteiger partial charge in [-0.3, -0.25) is 25.2 Å². The number of hydrazine groups is 1. The van der Waals surface area contributed by atoms with Gasteiger partial charge in [-0.2, -0.15) is 0 Å². The van der Waals surface area contributed by atoms with Gasteiger partial charge < -0.3 is 4.57 Å². The monoisotopic (exact) mass is 209 g/mol. The number of hydrogen-bond acceptors (Lipinski definition) is 3. The van der Waals surface area contributed by atoms with E-state index < -0.39 is 5.91 Å². The maximum absolute atomic E-state index is 11.2. The van der Waals surface area contributed by atoms with Crippen LogP contribution in [0.4, 0.5) is 0 Å². The number of hydrogen-bond donors (Lipinski definition) is 2. The van der Waals surface area contributed by atoms with Gasteiger partial charge in [-0.1, -0.05) is 6.07 Å². The molecule has 1 rings (SSSR count). The van der Waals surface area contributed by atoms with E-state index in [4.69, 9.17) is 0 Å². The van der Waals surface area contributed by atoms with Gasteiger partial charge in [0.1, 0.15) is 6.54 Å². The molecule has 0 atom stereocenters. The number of carbonyl (C=O) groups is 2. The van der Waals surface area contributed by atoms with Crippen molar-refractivity contribution in [3.8, 4) is 0 Å². The zero-order chi connectivity index (χ0) is 11.3. The molecule has 0 aliphatic rings. The molecule has 15 heavy (non-hydrogen) atoms. The van der Waals surface area contributed by atoms with Crippen LogP contribution in [0.1, 0.15) is 6.92 Å². The highest BCUT2D eigenvalue weighted by molar-refractivity contribution is 5.80. The fraction of sp³-hybridized carbons (Fsp3) is 0.222. The summed E-state index contributed by atoms with van der Waals surface area (Å²) in [5.41, 5.74) is 4.02. The van der Waals surface area contributed by atoms with Gasteiger partial charge in [0, 0.05) is 19.2 Å². The summed E-state index contributed by atoms with van der Waals surface area (Å²) in [7, 11) is 0. The number of nitrogens with one attached hydrogen (secondary N) is 2. The summed E-state index contributed by atoms with van der Waals surface area (Å²) >= 11 is 0. The van der Waals surface area contributed by atoms with E-state index in [-0.39, 0.29) is 18.0 Å². The number of nitrogens with zero attached hydrogens (tertiary/aromatic N) is 1. The van der Waals surface area contributed by atoms with Gasteiger partial charge in [-0.25, -0.2) is 0 Å². The molecule has 0 aliphatic carbocycles. The van der Waals surface area contributed by atoms with Gasteiger partial charge in [0.05, 0.1) is 0 Å².